The van der Waals surface area contributed by atoms with Crippen LogP contribution in [0.4, 0.5) is 0 Å². The van der Waals surface area contributed by atoms with E-state index in [2.05, 4.69) is 123 Å². The number of fused-ring (bicyclic) bond motifs is 1. The van der Waals surface area contributed by atoms with Crippen molar-refractivity contribution in [1.82, 2.24) is 0 Å². The van der Waals surface area contributed by atoms with Crippen molar-refractivity contribution in [2.24, 2.45) is 11.8 Å². The maximum atomic E-state index is 12.3. The minimum Gasteiger partial charge on any atom is -0.481 e. The van der Waals surface area contributed by atoms with Crippen molar-refractivity contribution < 1.29 is 41.8 Å². The predicted molar refractivity (Wildman–Crippen MR) is 240 cm³/mol. The first-order valence-electron chi connectivity index (χ1n) is 22.6. The second-order valence-corrected chi connectivity index (χ2v) is 40.1. The summed E-state index contributed by atoms with van der Waals surface area (Å²) in [6, 6.07) is 6.19. The summed E-state index contributed by atoms with van der Waals surface area (Å²) >= 11 is 0. The Bertz CT molecular complexity index is 1230. The fraction of sp³-hybridized carbons (Fsp3) is 0.977. The predicted octanol–water partition coefficient (Wildman–Crippen LogP) is 11.7. The maximum Gasteiger partial charge on any atom is 0.306 e. The van der Waals surface area contributed by atoms with Crippen molar-refractivity contribution in [3.8, 4) is 0 Å². The van der Waals surface area contributed by atoms with Crippen LogP contribution in [0.1, 0.15) is 129 Å². The summed E-state index contributed by atoms with van der Waals surface area (Å²) in [5.74, 6) is -1.47. The van der Waals surface area contributed by atoms with Crippen LogP contribution in [0.5, 0.6) is 0 Å². The number of carboxylic acid groups (broad SMARTS) is 1. The Labute approximate surface area is 348 Å². The number of aliphatic carboxylic acids is 1. The van der Waals surface area contributed by atoms with Gasteiger partial charge in [0.25, 0.3) is 0 Å². The van der Waals surface area contributed by atoms with Crippen LogP contribution in [0, 0.1) is 11.8 Å². The van der Waals surface area contributed by atoms with E-state index >= 15 is 0 Å². The van der Waals surface area contributed by atoms with E-state index in [0.29, 0.717) is 32.3 Å². The van der Waals surface area contributed by atoms with Crippen molar-refractivity contribution >= 4 is 39.2 Å². The maximum absolute atomic E-state index is 12.3. The van der Waals surface area contributed by atoms with Gasteiger partial charge in [-0.1, -0.05) is 96.9 Å². The lowest BCUT2D eigenvalue weighted by Gasteiger charge is -2.53. The summed E-state index contributed by atoms with van der Waals surface area (Å²) in [4.78, 5) is 12.3. The molecule has 9 nitrogen and oxygen atoms in total. The Morgan fingerprint density at radius 1 is 0.768 bits per heavy atom. The number of hydrogen-bond donors (Lipinski definition) is 1. The molecule has 0 aliphatic carbocycles. The fourth-order valence-corrected chi connectivity index (χ4v) is 17.2. The van der Waals surface area contributed by atoms with Crippen LogP contribution in [0.25, 0.3) is 0 Å². The Morgan fingerprint density at radius 2 is 1.29 bits per heavy atom. The lowest BCUT2D eigenvalue weighted by Crippen LogP contribution is -2.61. The normalized spacial score (nSPS) is 30.7. The lowest BCUT2D eigenvalue weighted by atomic mass is 9.80. The number of carbonyl (C=O) groups is 1. The molecule has 3 aliphatic rings. The molecule has 13 heteroatoms. The zero-order valence-corrected chi connectivity index (χ0v) is 43.4. The van der Waals surface area contributed by atoms with Gasteiger partial charge >= 0.3 is 5.97 Å². The third-order valence-electron chi connectivity index (χ3n) is 15.3. The smallest absolute Gasteiger partial charge is 0.306 e. The van der Waals surface area contributed by atoms with Gasteiger partial charge in [-0.2, -0.15) is 0 Å². The first kappa shape index (κ1) is 50.4. The van der Waals surface area contributed by atoms with E-state index in [1.165, 1.54) is 0 Å². The number of carboxylic acids is 1. The molecule has 3 heterocycles. The summed E-state index contributed by atoms with van der Waals surface area (Å²) in [7, 11) is -8.29. The Morgan fingerprint density at radius 3 is 1.77 bits per heavy atom. The molecule has 1 spiro atoms. The SMILES string of the molecule is CC[Si](CC)(CC)OC(C[C@H](CO[Si](C)(C)C(C)(C)C)O[Si](C)(C)C(C)(C)C)C1CC2O[C@@]3(C[C@H](C)C2O1)C[C@H](C)C(O[Si](CC)(CC)CC)[C@H](CC(=O)O)O3. The van der Waals surface area contributed by atoms with Crippen molar-refractivity contribution in [3.63, 3.8) is 0 Å². The second-order valence-electron chi connectivity index (χ2n) is 21.1. The van der Waals surface area contributed by atoms with Crippen molar-refractivity contribution in [2.75, 3.05) is 6.61 Å². The Kier molecular flexibility index (Phi) is 17.5. The highest BCUT2D eigenvalue weighted by Crippen LogP contribution is 2.50. The molecule has 0 radical (unpaired) electrons. The first-order valence-corrected chi connectivity index (χ1v) is 33.5. The van der Waals surface area contributed by atoms with Gasteiger partial charge in [0.2, 0.25) is 0 Å². The van der Waals surface area contributed by atoms with Gasteiger partial charge in [0.1, 0.15) is 0 Å². The van der Waals surface area contributed by atoms with Crippen LogP contribution in [-0.4, -0.2) is 99.5 Å². The summed E-state index contributed by atoms with van der Waals surface area (Å²) in [5.41, 5.74) is 0. The first-order chi connectivity index (χ1) is 25.7. The fourth-order valence-electron chi connectivity index (χ4n) is 8.99. The standard InChI is InChI=1S/C43H88O9Si4/c1-19-55(20-2,21-3)51-35(25-33(50-54(17,18)42(12,13)14)30-46-53(15,16)41(9,10)11)34-26-36-39(47-34)31(7)28-43(48-36)29-32(8)40(37(49-43)27-38(44)45)52-56(22-4,23-5)24-6/h31-37,39-40H,19-30H2,1-18H3,(H,44,45)/t31-,32-,33+,34?,35?,36?,37-,39?,40?,43+/m0/s1. The molecule has 0 amide bonds. The van der Waals surface area contributed by atoms with Crippen LogP contribution in [0.3, 0.4) is 0 Å². The highest BCUT2D eigenvalue weighted by Gasteiger charge is 2.58. The van der Waals surface area contributed by atoms with Gasteiger partial charge in [0, 0.05) is 25.7 Å². The van der Waals surface area contributed by atoms with E-state index in [4.69, 9.17) is 31.9 Å². The molecule has 3 rings (SSSR count). The second kappa shape index (κ2) is 19.4. The zero-order chi connectivity index (χ0) is 42.7. The molecule has 3 aliphatic heterocycles. The van der Waals surface area contributed by atoms with Crippen molar-refractivity contribution in [2.45, 2.75) is 250 Å². The quantitative estimate of drug-likeness (QED) is 0.120. The molecule has 0 aromatic rings. The third-order valence-corrected chi connectivity index (χ3v) is 33.6. The van der Waals surface area contributed by atoms with Crippen LogP contribution in [0.15, 0.2) is 0 Å². The van der Waals surface area contributed by atoms with E-state index in [-0.39, 0.29) is 65.0 Å². The number of rotatable bonds is 20. The molecular formula is C43H88O9Si4. The van der Waals surface area contributed by atoms with E-state index in [1.807, 2.05) is 0 Å². The average molecular weight is 862 g/mol. The minimum atomic E-state index is -2.16. The van der Waals surface area contributed by atoms with Gasteiger partial charge in [-0.3, -0.25) is 4.79 Å². The average Bonchev–Trinajstić information content (AvgIpc) is 3.52. The third kappa shape index (κ3) is 11.9. The largest absolute Gasteiger partial charge is 0.481 e. The number of hydrogen-bond acceptors (Lipinski definition) is 8. The van der Waals surface area contributed by atoms with E-state index in [9.17, 15) is 9.90 Å². The lowest BCUT2D eigenvalue weighted by molar-refractivity contribution is -0.351. The molecule has 1 N–H and O–H groups in total. The van der Waals surface area contributed by atoms with Crippen LogP contribution in [-0.2, 0) is 36.7 Å². The highest BCUT2D eigenvalue weighted by molar-refractivity contribution is 6.75. The zero-order valence-electron chi connectivity index (χ0n) is 39.4. The van der Waals surface area contributed by atoms with Crippen LogP contribution >= 0.6 is 0 Å². The van der Waals surface area contributed by atoms with E-state index in [1.54, 1.807) is 0 Å². The van der Waals surface area contributed by atoms with Crippen LogP contribution in [0.2, 0.25) is 72.5 Å². The van der Waals surface area contributed by atoms with Gasteiger partial charge < -0.3 is 37.0 Å². The molecule has 10 atom stereocenters. The Balaban J connectivity index is 1.97. The Hall–Kier alpha value is 0.0575. The molecule has 5 unspecified atom stereocenters. The van der Waals surface area contributed by atoms with Crippen molar-refractivity contribution in [3.05, 3.63) is 0 Å². The molecule has 3 fully saturated rings. The van der Waals surface area contributed by atoms with E-state index in [0.717, 1.165) is 36.3 Å². The van der Waals surface area contributed by atoms with Crippen molar-refractivity contribution in [1.29, 1.82) is 0 Å². The monoisotopic (exact) mass is 861 g/mol. The molecular weight excluding hydrogens is 773 g/mol. The summed E-state index contributed by atoms with van der Waals surface area (Å²) < 4.78 is 49.9. The van der Waals surface area contributed by atoms with E-state index < -0.39 is 51.1 Å². The minimum absolute atomic E-state index is 0.0523. The molecule has 0 bridgehead atoms. The molecule has 0 aromatic heterocycles. The van der Waals surface area contributed by atoms with Gasteiger partial charge in [-0.15, -0.1) is 0 Å². The van der Waals surface area contributed by atoms with Gasteiger partial charge in [-0.25, -0.2) is 0 Å². The molecule has 56 heavy (non-hydrogen) atoms. The molecule has 0 saturated carbocycles. The number of ether oxygens (including phenoxy) is 3. The molecule has 0 aromatic carbocycles. The summed E-state index contributed by atoms with van der Waals surface area (Å²) in [5, 5.41) is 10.2. The van der Waals surface area contributed by atoms with Gasteiger partial charge in [-0.05, 0) is 84.4 Å². The molecule has 3 saturated heterocycles. The van der Waals surface area contributed by atoms with Crippen LogP contribution < -0.4 is 0 Å². The highest BCUT2D eigenvalue weighted by atomic mass is 28.4. The summed E-state index contributed by atoms with van der Waals surface area (Å²) in [6.45, 7) is 41.7. The van der Waals surface area contributed by atoms with Gasteiger partial charge in [0.15, 0.2) is 39.1 Å². The topological polar surface area (TPSA) is 102 Å². The molecule has 330 valence electrons. The summed E-state index contributed by atoms with van der Waals surface area (Å²) in [6.07, 6.45) is 1.14. The van der Waals surface area contributed by atoms with Gasteiger partial charge in [0.05, 0.1) is 55.8 Å².